The van der Waals surface area contributed by atoms with Gasteiger partial charge < -0.3 is 19.4 Å². The molecule has 0 saturated carbocycles. The molecule has 1 atom stereocenters. The van der Waals surface area contributed by atoms with Crippen LogP contribution in [0.3, 0.4) is 0 Å². The summed E-state index contributed by atoms with van der Waals surface area (Å²) in [6.07, 6.45) is 3.06. The number of aryl methyl sites for hydroxylation is 2. The lowest BCUT2D eigenvalue weighted by atomic mass is 10.1. The van der Waals surface area contributed by atoms with E-state index in [0.717, 1.165) is 48.1 Å². The van der Waals surface area contributed by atoms with Crippen LogP contribution in [0.5, 0.6) is 11.5 Å². The second kappa shape index (κ2) is 7.55. The monoisotopic (exact) mass is 344 g/mol. The van der Waals surface area contributed by atoms with Crippen molar-refractivity contribution in [2.75, 3.05) is 14.2 Å². The molecular formula is C18H24N4O3. The highest BCUT2D eigenvalue weighted by Crippen LogP contribution is 2.23. The number of nitrogens with one attached hydrogen (secondary N) is 1. The zero-order valence-electron chi connectivity index (χ0n) is 14.9. The van der Waals surface area contributed by atoms with E-state index in [1.807, 2.05) is 25.1 Å². The molecule has 7 nitrogen and oxygen atoms in total. The van der Waals surface area contributed by atoms with Crippen molar-refractivity contribution in [2.45, 2.75) is 45.2 Å². The van der Waals surface area contributed by atoms with Crippen LogP contribution in [0.2, 0.25) is 0 Å². The fourth-order valence-electron chi connectivity index (χ4n) is 3.14. The molecule has 0 radical (unpaired) electrons. The van der Waals surface area contributed by atoms with Gasteiger partial charge in [0.25, 0.3) is 0 Å². The Hall–Kier alpha value is -2.57. The lowest BCUT2D eigenvalue weighted by molar-refractivity contribution is -0.121. The highest BCUT2D eigenvalue weighted by atomic mass is 16.5. The van der Waals surface area contributed by atoms with Crippen molar-refractivity contribution < 1.29 is 14.3 Å². The molecule has 2 aromatic rings. The van der Waals surface area contributed by atoms with Crippen molar-refractivity contribution in [3.05, 3.63) is 35.4 Å². The van der Waals surface area contributed by atoms with E-state index in [2.05, 4.69) is 20.1 Å². The number of aromatic nitrogens is 3. The highest BCUT2D eigenvalue weighted by molar-refractivity contribution is 5.76. The minimum atomic E-state index is -0.147. The number of amides is 1. The van der Waals surface area contributed by atoms with E-state index >= 15 is 0 Å². The Morgan fingerprint density at radius 3 is 2.64 bits per heavy atom. The fraction of sp³-hybridized carbons (Fsp3) is 0.500. The number of rotatable bonds is 7. The van der Waals surface area contributed by atoms with E-state index in [1.54, 1.807) is 14.2 Å². The van der Waals surface area contributed by atoms with Gasteiger partial charge in [0.2, 0.25) is 5.91 Å². The van der Waals surface area contributed by atoms with Crippen molar-refractivity contribution in [2.24, 2.45) is 0 Å². The molecule has 134 valence electrons. The van der Waals surface area contributed by atoms with E-state index in [9.17, 15) is 4.79 Å². The fourth-order valence-corrected chi connectivity index (χ4v) is 3.14. The maximum atomic E-state index is 12.3. The smallest absolute Gasteiger partial charge is 0.220 e. The number of methoxy groups -OCH3 is 2. The maximum absolute atomic E-state index is 12.3. The van der Waals surface area contributed by atoms with Crippen molar-refractivity contribution in [1.29, 1.82) is 0 Å². The summed E-state index contributed by atoms with van der Waals surface area (Å²) in [5, 5.41) is 11.4. The van der Waals surface area contributed by atoms with Crippen LogP contribution in [0.1, 0.15) is 43.0 Å². The molecule has 1 aromatic heterocycles. The van der Waals surface area contributed by atoms with Crippen LogP contribution in [0, 0.1) is 0 Å². The normalized spacial score (nSPS) is 14.0. The molecule has 0 unspecified atom stereocenters. The average Bonchev–Trinajstić information content (AvgIpc) is 3.22. The van der Waals surface area contributed by atoms with Crippen LogP contribution in [0.4, 0.5) is 0 Å². The summed E-state index contributed by atoms with van der Waals surface area (Å²) in [4.78, 5) is 12.3. The molecule has 2 heterocycles. The molecule has 1 amide bonds. The molecule has 1 N–H and O–H groups in total. The third kappa shape index (κ3) is 3.92. The number of nitrogens with zero attached hydrogens (tertiary/aromatic N) is 3. The van der Waals surface area contributed by atoms with Crippen LogP contribution in [0.15, 0.2) is 18.2 Å². The predicted molar refractivity (Wildman–Crippen MR) is 92.8 cm³/mol. The Kier molecular flexibility index (Phi) is 5.21. The molecule has 25 heavy (non-hydrogen) atoms. The van der Waals surface area contributed by atoms with Gasteiger partial charge in [-0.2, -0.15) is 0 Å². The Morgan fingerprint density at radius 2 is 1.96 bits per heavy atom. The first-order chi connectivity index (χ1) is 12.1. The van der Waals surface area contributed by atoms with Gasteiger partial charge in [-0.05, 0) is 37.5 Å². The van der Waals surface area contributed by atoms with E-state index in [0.29, 0.717) is 12.8 Å². The topological polar surface area (TPSA) is 78.3 Å². The first kappa shape index (κ1) is 17.3. The minimum absolute atomic E-state index is 0.00960. The first-order valence-corrected chi connectivity index (χ1v) is 8.54. The second-order valence-electron chi connectivity index (χ2n) is 6.24. The molecular weight excluding hydrogens is 320 g/mol. The molecule has 1 aliphatic rings. The molecule has 0 fully saturated rings. The number of hydrogen-bond acceptors (Lipinski definition) is 5. The quantitative estimate of drug-likeness (QED) is 0.832. The first-order valence-electron chi connectivity index (χ1n) is 8.54. The summed E-state index contributed by atoms with van der Waals surface area (Å²) < 4.78 is 12.6. The van der Waals surface area contributed by atoms with Gasteiger partial charge in [0.15, 0.2) is 5.82 Å². The standard InChI is InChI=1S/C18H24N4O3/c1-12(18-21-20-16-5-4-8-22(16)18)19-17(23)7-6-13-9-14(24-2)11-15(10-13)25-3/h9-12H,4-8H2,1-3H3,(H,19,23)/t12-/m1/s1. The number of hydrogen-bond donors (Lipinski definition) is 1. The zero-order chi connectivity index (χ0) is 17.8. The number of benzene rings is 1. The van der Waals surface area contributed by atoms with Gasteiger partial charge in [0.05, 0.1) is 20.3 Å². The summed E-state index contributed by atoms with van der Waals surface area (Å²) in [5.74, 6) is 3.29. The summed E-state index contributed by atoms with van der Waals surface area (Å²) >= 11 is 0. The van der Waals surface area contributed by atoms with Gasteiger partial charge in [-0.15, -0.1) is 10.2 Å². The lowest BCUT2D eigenvalue weighted by Gasteiger charge is -2.14. The van der Waals surface area contributed by atoms with Gasteiger partial charge in [-0.25, -0.2) is 0 Å². The van der Waals surface area contributed by atoms with E-state index < -0.39 is 0 Å². The highest BCUT2D eigenvalue weighted by Gasteiger charge is 2.22. The Labute approximate surface area is 147 Å². The number of fused-ring (bicyclic) bond motifs is 1. The molecule has 0 saturated heterocycles. The third-order valence-electron chi connectivity index (χ3n) is 4.45. The molecule has 1 aromatic carbocycles. The van der Waals surface area contributed by atoms with Crippen molar-refractivity contribution in [3.63, 3.8) is 0 Å². The Balaban J connectivity index is 1.57. The molecule has 0 spiro atoms. The average molecular weight is 344 g/mol. The van der Waals surface area contributed by atoms with Crippen molar-refractivity contribution >= 4 is 5.91 Å². The molecule has 1 aliphatic heterocycles. The molecule has 0 bridgehead atoms. The molecule has 3 rings (SSSR count). The van der Waals surface area contributed by atoms with Gasteiger partial charge in [0, 0.05) is 25.5 Å². The summed E-state index contributed by atoms with van der Waals surface area (Å²) in [6, 6.07) is 5.51. The van der Waals surface area contributed by atoms with Crippen LogP contribution in [-0.2, 0) is 24.2 Å². The summed E-state index contributed by atoms with van der Waals surface area (Å²) in [5.41, 5.74) is 1.00. The van der Waals surface area contributed by atoms with Gasteiger partial charge in [-0.3, -0.25) is 4.79 Å². The van der Waals surface area contributed by atoms with Gasteiger partial charge in [-0.1, -0.05) is 0 Å². The van der Waals surface area contributed by atoms with Gasteiger partial charge in [0.1, 0.15) is 17.3 Å². The van der Waals surface area contributed by atoms with Crippen LogP contribution >= 0.6 is 0 Å². The zero-order valence-corrected chi connectivity index (χ0v) is 14.9. The van der Waals surface area contributed by atoms with E-state index in [-0.39, 0.29) is 11.9 Å². The summed E-state index contributed by atoms with van der Waals surface area (Å²) in [6.45, 7) is 2.88. The van der Waals surface area contributed by atoms with Crippen molar-refractivity contribution in [3.8, 4) is 11.5 Å². The Morgan fingerprint density at radius 1 is 1.24 bits per heavy atom. The lowest BCUT2D eigenvalue weighted by Crippen LogP contribution is -2.28. The minimum Gasteiger partial charge on any atom is -0.497 e. The van der Waals surface area contributed by atoms with Crippen molar-refractivity contribution in [1.82, 2.24) is 20.1 Å². The van der Waals surface area contributed by atoms with E-state index in [1.165, 1.54) is 0 Å². The van der Waals surface area contributed by atoms with Crippen LogP contribution in [0.25, 0.3) is 0 Å². The molecule has 7 heteroatoms. The number of carbonyl (C=O) groups excluding carboxylic acids is 1. The second-order valence-corrected chi connectivity index (χ2v) is 6.24. The van der Waals surface area contributed by atoms with Gasteiger partial charge >= 0.3 is 0 Å². The SMILES string of the molecule is COc1cc(CCC(=O)N[C@H](C)c2nnc3n2CCC3)cc(OC)c1. The third-order valence-corrected chi connectivity index (χ3v) is 4.45. The number of carbonyl (C=O) groups is 1. The maximum Gasteiger partial charge on any atom is 0.220 e. The molecule has 0 aliphatic carbocycles. The van der Waals surface area contributed by atoms with Crippen LogP contribution in [-0.4, -0.2) is 34.9 Å². The number of ether oxygens (including phenoxy) is 2. The van der Waals surface area contributed by atoms with Crippen LogP contribution < -0.4 is 14.8 Å². The summed E-state index contributed by atoms with van der Waals surface area (Å²) in [7, 11) is 3.23. The Bertz CT molecular complexity index is 735. The largest absolute Gasteiger partial charge is 0.497 e. The van der Waals surface area contributed by atoms with E-state index in [4.69, 9.17) is 9.47 Å². The predicted octanol–water partition coefficient (Wildman–Crippen LogP) is 2.05.